The van der Waals surface area contributed by atoms with Crippen molar-refractivity contribution >= 4 is 44.4 Å². The van der Waals surface area contributed by atoms with Crippen molar-refractivity contribution in [2.24, 2.45) is 0 Å². The van der Waals surface area contributed by atoms with Crippen LogP contribution < -0.4 is 10.1 Å². The number of rotatable bonds is 9. The summed E-state index contributed by atoms with van der Waals surface area (Å²) in [4.78, 5) is 30.9. The predicted molar refractivity (Wildman–Crippen MR) is 216 cm³/mol. The summed E-state index contributed by atoms with van der Waals surface area (Å²) >= 11 is 6.09. The first-order valence-electron chi connectivity index (χ1n) is 19.4. The zero-order chi connectivity index (χ0) is 38.7. The summed E-state index contributed by atoms with van der Waals surface area (Å²) in [7, 11) is -4.05. The molecule has 3 aliphatic rings. The number of nitrogens with one attached hydrogen (secondary N) is 1. The number of benzene rings is 4. The lowest BCUT2D eigenvalue weighted by Gasteiger charge is -2.42. The Morgan fingerprint density at radius 3 is 2.11 bits per heavy atom. The summed E-state index contributed by atoms with van der Waals surface area (Å²) in [5, 5.41) is 5.31. The Morgan fingerprint density at radius 2 is 1.44 bits per heavy atom. The molecule has 292 valence electrons. The summed E-state index contributed by atoms with van der Waals surface area (Å²) in [6.07, 6.45) is 5.31. The van der Waals surface area contributed by atoms with Crippen molar-refractivity contribution in [2.75, 3.05) is 32.7 Å². The van der Waals surface area contributed by atoms with E-state index in [0.29, 0.717) is 44.0 Å². The maximum absolute atomic E-state index is 14.5. The molecule has 0 unspecified atom stereocenters. The van der Waals surface area contributed by atoms with Crippen LogP contribution in [-0.4, -0.2) is 91.0 Å². The van der Waals surface area contributed by atoms with Gasteiger partial charge < -0.3 is 19.7 Å². The maximum atomic E-state index is 14.5. The zero-order valence-corrected chi connectivity index (χ0v) is 33.5. The van der Waals surface area contributed by atoms with Crippen LogP contribution >= 0.6 is 11.6 Å². The van der Waals surface area contributed by atoms with Crippen LogP contribution in [0, 0.1) is 0 Å². The van der Waals surface area contributed by atoms with Crippen LogP contribution in [0.2, 0.25) is 5.02 Å². The van der Waals surface area contributed by atoms with Crippen molar-refractivity contribution in [3.05, 3.63) is 95.5 Å². The van der Waals surface area contributed by atoms with E-state index in [-0.39, 0.29) is 36.0 Å². The average molecular weight is 787 g/mol. The van der Waals surface area contributed by atoms with Gasteiger partial charge in [0.05, 0.1) is 11.0 Å². The summed E-state index contributed by atoms with van der Waals surface area (Å²) in [6, 6.07) is 25.9. The smallest absolute Gasteiger partial charge is 0.407 e. The van der Waals surface area contributed by atoms with Crippen molar-refractivity contribution in [2.45, 2.75) is 94.5 Å². The first kappa shape index (κ1) is 39.1. The van der Waals surface area contributed by atoms with E-state index in [2.05, 4.69) is 34.5 Å². The monoisotopic (exact) mass is 786 g/mol. The number of amides is 2. The number of nitrogens with zero attached hydrogens (tertiary/aromatic N) is 3. The minimum Gasteiger partial charge on any atom is -0.490 e. The highest BCUT2D eigenvalue weighted by molar-refractivity contribution is 7.89. The Bertz CT molecular complexity index is 2090. The van der Waals surface area contributed by atoms with Crippen LogP contribution in [-0.2, 0) is 26.1 Å². The van der Waals surface area contributed by atoms with Crippen LogP contribution in [0.5, 0.6) is 5.75 Å². The fourth-order valence-corrected chi connectivity index (χ4v) is 9.58. The fourth-order valence-electron chi connectivity index (χ4n) is 7.86. The van der Waals surface area contributed by atoms with Gasteiger partial charge >= 0.3 is 6.09 Å². The molecule has 1 saturated carbocycles. The molecule has 2 heterocycles. The molecule has 0 aromatic heterocycles. The number of carbonyl (C=O) groups is 2. The SMILES string of the molecule is CC(C)(C)OC(=O)NC1CCN(C(=O)[C@H]2CN(Cc3ccc(-c4ccc(Cl)cc4)cc3)CCN2S(=O)(=O)c2ccc3cc(OC4CCCC4)ccc3c2)CC1. The van der Waals surface area contributed by atoms with Gasteiger partial charge in [-0.1, -0.05) is 60.1 Å². The molecule has 1 N–H and O–H groups in total. The van der Waals surface area contributed by atoms with Crippen LogP contribution in [0.1, 0.15) is 64.9 Å². The summed E-state index contributed by atoms with van der Waals surface area (Å²) in [5.74, 6) is 0.568. The Morgan fingerprint density at radius 1 is 0.800 bits per heavy atom. The summed E-state index contributed by atoms with van der Waals surface area (Å²) in [6.45, 7) is 7.72. The van der Waals surface area contributed by atoms with Gasteiger partial charge in [-0.25, -0.2) is 13.2 Å². The highest BCUT2D eigenvalue weighted by Crippen LogP contribution is 2.31. The highest BCUT2D eigenvalue weighted by atomic mass is 35.5. The van der Waals surface area contributed by atoms with Crippen molar-refractivity contribution in [3.63, 3.8) is 0 Å². The molecule has 1 atom stereocenters. The predicted octanol–water partition coefficient (Wildman–Crippen LogP) is 7.87. The number of hydrogen-bond donors (Lipinski definition) is 1. The first-order chi connectivity index (χ1) is 26.3. The number of hydrogen-bond acceptors (Lipinski definition) is 7. The Balaban J connectivity index is 1.08. The average Bonchev–Trinajstić information content (AvgIpc) is 3.67. The van der Waals surface area contributed by atoms with Crippen molar-refractivity contribution < 1.29 is 27.5 Å². The number of fused-ring (bicyclic) bond motifs is 1. The van der Waals surface area contributed by atoms with Crippen LogP contribution in [0.4, 0.5) is 4.79 Å². The van der Waals surface area contributed by atoms with E-state index in [4.69, 9.17) is 21.1 Å². The van der Waals surface area contributed by atoms with Gasteiger partial charge in [0, 0.05) is 50.3 Å². The molecule has 12 heteroatoms. The molecular formula is C43H51ClN4O6S. The second-order valence-electron chi connectivity index (χ2n) is 16.0. The number of ether oxygens (including phenoxy) is 2. The third kappa shape index (κ3) is 9.63. The van der Waals surface area contributed by atoms with Crippen molar-refractivity contribution in [3.8, 4) is 16.9 Å². The molecule has 2 aliphatic heterocycles. The number of likely N-dealkylation sites (tertiary alicyclic amines) is 1. The summed E-state index contributed by atoms with van der Waals surface area (Å²) in [5.41, 5.74) is 2.59. The van der Waals surface area contributed by atoms with Gasteiger partial charge in [0.15, 0.2) is 0 Å². The van der Waals surface area contributed by atoms with Gasteiger partial charge in [-0.05, 0) is 123 Å². The van der Waals surface area contributed by atoms with E-state index >= 15 is 0 Å². The fraction of sp³-hybridized carbons (Fsp3) is 0.442. The third-order valence-corrected chi connectivity index (χ3v) is 12.9. The largest absolute Gasteiger partial charge is 0.490 e. The van der Waals surface area contributed by atoms with Crippen LogP contribution in [0.3, 0.4) is 0 Å². The lowest BCUT2D eigenvalue weighted by Crippen LogP contribution is -2.61. The highest BCUT2D eigenvalue weighted by Gasteiger charge is 2.42. The second-order valence-corrected chi connectivity index (χ2v) is 18.3. The van der Waals surface area contributed by atoms with Crippen molar-refractivity contribution in [1.82, 2.24) is 19.4 Å². The molecule has 0 radical (unpaired) electrons. The number of carbonyl (C=O) groups excluding carboxylic acids is 2. The molecule has 55 heavy (non-hydrogen) atoms. The van der Waals surface area contributed by atoms with Crippen molar-refractivity contribution in [1.29, 1.82) is 0 Å². The molecule has 4 aromatic rings. The van der Waals surface area contributed by atoms with Gasteiger partial charge in [0.1, 0.15) is 17.4 Å². The molecule has 1 aliphatic carbocycles. The minimum absolute atomic E-state index is 0.140. The number of piperazine rings is 1. The van der Waals surface area contributed by atoms with E-state index in [0.717, 1.165) is 46.1 Å². The lowest BCUT2D eigenvalue weighted by molar-refractivity contribution is -0.138. The number of halogens is 1. The minimum atomic E-state index is -4.05. The molecule has 10 nitrogen and oxygen atoms in total. The second kappa shape index (κ2) is 16.5. The lowest BCUT2D eigenvalue weighted by atomic mass is 10.0. The van der Waals surface area contributed by atoms with Gasteiger partial charge in [-0.15, -0.1) is 0 Å². The van der Waals surface area contributed by atoms with E-state index in [1.807, 2.05) is 69.3 Å². The van der Waals surface area contributed by atoms with Gasteiger partial charge in [-0.2, -0.15) is 4.31 Å². The van der Waals surface area contributed by atoms with E-state index in [9.17, 15) is 18.0 Å². The molecule has 2 amide bonds. The van der Waals surface area contributed by atoms with Gasteiger partial charge in [0.2, 0.25) is 15.9 Å². The Hall–Kier alpha value is -4.16. The number of alkyl carbamates (subject to hydrolysis) is 1. The van der Waals surface area contributed by atoms with E-state index in [1.54, 1.807) is 17.0 Å². The molecule has 7 rings (SSSR count). The molecular weight excluding hydrogens is 736 g/mol. The quantitative estimate of drug-likeness (QED) is 0.184. The third-order valence-electron chi connectivity index (χ3n) is 10.8. The Labute approximate surface area is 329 Å². The molecule has 4 aromatic carbocycles. The summed E-state index contributed by atoms with van der Waals surface area (Å²) < 4.78 is 42.1. The van der Waals surface area contributed by atoms with E-state index in [1.165, 1.54) is 17.1 Å². The number of piperidine rings is 1. The Kier molecular flexibility index (Phi) is 11.7. The first-order valence-corrected chi connectivity index (χ1v) is 21.2. The maximum Gasteiger partial charge on any atom is 0.407 e. The molecule has 0 bridgehead atoms. The molecule has 3 fully saturated rings. The van der Waals surface area contributed by atoms with Gasteiger partial charge in [-0.3, -0.25) is 9.69 Å². The molecule has 2 saturated heterocycles. The molecule has 0 spiro atoms. The topological polar surface area (TPSA) is 108 Å². The van der Waals surface area contributed by atoms with E-state index < -0.39 is 27.8 Å². The van der Waals surface area contributed by atoms with Crippen LogP contribution in [0.25, 0.3) is 21.9 Å². The zero-order valence-electron chi connectivity index (χ0n) is 31.9. The number of sulfonamides is 1. The van der Waals surface area contributed by atoms with Crippen LogP contribution in [0.15, 0.2) is 89.8 Å². The normalized spacial score (nSPS) is 19.4. The van der Waals surface area contributed by atoms with Gasteiger partial charge in [0.25, 0.3) is 0 Å². The standard InChI is InChI=1S/C43H51ClN4O6S/c1-43(2,3)54-42(50)45-36-20-22-47(23-21-36)41(49)40-29-46(28-30-8-10-31(11-9-30)32-12-16-35(44)17-13-32)24-25-48(40)55(51,52)39-19-15-33-26-38(18-14-34(33)27-39)53-37-6-4-5-7-37/h8-19,26-27,36-37,40H,4-7,20-25,28-29H2,1-3H3,(H,45,50)/t40-/m1/s1.